The zero-order chi connectivity index (χ0) is 8.81. The molecule has 1 N–H and O–H groups in total. The first kappa shape index (κ1) is 9.59. The number of nitrogens with one attached hydrogen (secondary N) is 1. The molecule has 2 heteroatoms. The van der Waals surface area contributed by atoms with Crippen LogP contribution in [0.1, 0.15) is 25.7 Å². The van der Waals surface area contributed by atoms with Gasteiger partial charge in [-0.2, -0.15) is 0 Å². The first-order valence-electron chi connectivity index (χ1n) is 4.73. The van der Waals surface area contributed by atoms with Crippen molar-refractivity contribution in [3.05, 3.63) is 12.3 Å². The van der Waals surface area contributed by atoms with Gasteiger partial charge in [0.05, 0.1) is 13.4 Å². The summed E-state index contributed by atoms with van der Waals surface area (Å²) in [5.41, 5.74) is 0. The van der Waals surface area contributed by atoms with E-state index in [9.17, 15) is 0 Å². The number of methoxy groups -OCH3 is 1. The molecule has 0 radical (unpaired) electrons. The lowest BCUT2D eigenvalue weighted by molar-refractivity contribution is 0.314. The lowest BCUT2D eigenvalue weighted by Crippen LogP contribution is -2.29. The Morgan fingerprint density at radius 1 is 1.25 bits per heavy atom. The molecule has 0 bridgehead atoms. The molecule has 0 amide bonds. The van der Waals surface area contributed by atoms with Gasteiger partial charge in [-0.05, 0) is 44.7 Å². The summed E-state index contributed by atoms with van der Waals surface area (Å²) in [5, 5.41) is 3.33. The Morgan fingerprint density at radius 3 is 2.42 bits per heavy atom. The van der Waals surface area contributed by atoms with Crippen LogP contribution in [-0.4, -0.2) is 20.2 Å². The Labute approximate surface area is 75.0 Å². The Balaban J connectivity index is 2.21. The van der Waals surface area contributed by atoms with Crippen LogP contribution in [-0.2, 0) is 4.74 Å². The molecular weight excluding hydrogens is 150 g/mol. The average molecular weight is 169 g/mol. The maximum absolute atomic E-state index is 4.90. The summed E-state index contributed by atoms with van der Waals surface area (Å²) in [6, 6.07) is 0.747. The van der Waals surface area contributed by atoms with Crippen LogP contribution in [0.15, 0.2) is 12.3 Å². The Morgan fingerprint density at radius 2 is 1.92 bits per heavy atom. The maximum atomic E-state index is 4.90. The van der Waals surface area contributed by atoms with Crippen LogP contribution < -0.4 is 5.32 Å². The van der Waals surface area contributed by atoms with E-state index in [1.807, 2.05) is 6.26 Å². The molecule has 0 aromatic carbocycles. The molecule has 0 aromatic heterocycles. The average Bonchev–Trinajstić information content (AvgIpc) is 2.15. The van der Waals surface area contributed by atoms with E-state index in [0.29, 0.717) is 0 Å². The fourth-order valence-corrected chi connectivity index (χ4v) is 1.79. The third-order valence-corrected chi connectivity index (χ3v) is 2.67. The van der Waals surface area contributed by atoms with E-state index in [0.717, 1.165) is 12.0 Å². The summed E-state index contributed by atoms with van der Waals surface area (Å²) in [5.74, 6) is 0.745. The topological polar surface area (TPSA) is 21.3 Å². The zero-order valence-electron chi connectivity index (χ0n) is 8.05. The quantitative estimate of drug-likeness (QED) is 0.652. The molecule has 0 saturated heterocycles. The molecule has 1 aliphatic carbocycles. The van der Waals surface area contributed by atoms with Crippen LogP contribution in [0, 0.1) is 5.92 Å². The van der Waals surface area contributed by atoms with Gasteiger partial charge in [0.25, 0.3) is 0 Å². The molecule has 0 aliphatic heterocycles. The van der Waals surface area contributed by atoms with E-state index in [1.54, 1.807) is 7.11 Å². The first-order valence-corrected chi connectivity index (χ1v) is 4.73. The summed E-state index contributed by atoms with van der Waals surface area (Å²) in [6.07, 6.45) is 9.19. The van der Waals surface area contributed by atoms with Crippen molar-refractivity contribution in [1.82, 2.24) is 5.32 Å². The SMILES string of the molecule is CNC1CCC(C=COC)CC1. The molecule has 1 rings (SSSR count). The van der Waals surface area contributed by atoms with Crippen LogP contribution in [0.5, 0.6) is 0 Å². The lowest BCUT2D eigenvalue weighted by Gasteiger charge is -2.25. The maximum Gasteiger partial charge on any atom is 0.0787 e. The molecule has 0 aromatic rings. The zero-order valence-corrected chi connectivity index (χ0v) is 8.05. The highest BCUT2D eigenvalue weighted by Gasteiger charge is 2.17. The lowest BCUT2D eigenvalue weighted by atomic mass is 9.86. The standard InChI is InChI=1S/C10H19NO/c1-11-10-5-3-9(4-6-10)7-8-12-2/h7-11H,3-6H2,1-2H3. The van der Waals surface area contributed by atoms with E-state index in [-0.39, 0.29) is 0 Å². The van der Waals surface area contributed by atoms with Gasteiger partial charge in [-0.15, -0.1) is 0 Å². The Hall–Kier alpha value is -0.500. The minimum atomic E-state index is 0.745. The summed E-state index contributed by atoms with van der Waals surface area (Å²) in [7, 11) is 3.76. The number of hydrogen-bond acceptors (Lipinski definition) is 2. The van der Waals surface area contributed by atoms with E-state index >= 15 is 0 Å². The third-order valence-electron chi connectivity index (χ3n) is 2.67. The second-order valence-electron chi connectivity index (χ2n) is 3.46. The minimum absolute atomic E-state index is 0.745. The van der Waals surface area contributed by atoms with Crippen LogP contribution in [0.2, 0.25) is 0 Å². The predicted molar refractivity (Wildman–Crippen MR) is 51.0 cm³/mol. The van der Waals surface area contributed by atoms with E-state index in [2.05, 4.69) is 18.4 Å². The normalized spacial score (nSPS) is 30.8. The highest BCUT2D eigenvalue weighted by Crippen LogP contribution is 2.24. The molecule has 1 fully saturated rings. The fourth-order valence-electron chi connectivity index (χ4n) is 1.79. The van der Waals surface area contributed by atoms with Crippen LogP contribution in [0.3, 0.4) is 0 Å². The van der Waals surface area contributed by atoms with Crippen molar-refractivity contribution in [2.45, 2.75) is 31.7 Å². The van der Waals surface area contributed by atoms with E-state index in [1.165, 1.54) is 25.7 Å². The van der Waals surface area contributed by atoms with Crippen molar-refractivity contribution in [1.29, 1.82) is 0 Å². The Kier molecular flexibility index (Phi) is 4.15. The van der Waals surface area contributed by atoms with Crippen molar-refractivity contribution in [3.63, 3.8) is 0 Å². The molecule has 70 valence electrons. The van der Waals surface area contributed by atoms with Crippen molar-refractivity contribution >= 4 is 0 Å². The molecule has 0 spiro atoms. The molecule has 12 heavy (non-hydrogen) atoms. The highest BCUT2D eigenvalue weighted by molar-refractivity contribution is 4.88. The van der Waals surface area contributed by atoms with Crippen molar-refractivity contribution < 1.29 is 4.74 Å². The molecule has 0 atom stereocenters. The molecule has 1 aliphatic rings. The summed E-state index contributed by atoms with van der Waals surface area (Å²) >= 11 is 0. The van der Waals surface area contributed by atoms with Crippen molar-refractivity contribution in [2.75, 3.05) is 14.2 Å². The number of ether oxygens (including phenoxy) is 1. The van der Waals surface area contributed by atoms with Crippen LogP contribution in [0.25, 0.3) is 0 Å². The molecule has 0 heterocycles. The second-order valence-corrected chi connectivity index (χ2v) is 3.46. The molecule has 2 nitrogen and oxygen atoms in total. The van der Waals surface area contributed by atoms with Gasteiger partial charge in [-0.25, -0.2) is 0 Å². The molecular formula is C10H19NO. The van der Waals surface area contributed by atoms with Crippen LogP contribution in [0.4, 0.5) is 0 Å². The molecule has 1 saturated carbocycles. The van der Waals surface area contributed by atoms with Gasteiger partial charge in [0.15, 0.2) is 0 Å². The van der Waals surface area contributed by atoms with E-state index < -0.39 is 0 Å². The highest BCUT2D eigenvalue weighted by atomic mass is 16.5. The minimum Gasteiger partial charge on any atom is -0.505 e. The number of hydrogen-bond donors (Lipinski definition) is 1. The Bertz CT molecular complexity index is 137. The summed E-state index contributed by atoms with van der Waals surface area (Å²) in [6.45, 7) is 0. The summed E-state index contributed by atoms with van der Waals surface area (Å²) in [4.78, 5) is 0. The number of allylic oxidation sites excluding steroid dienone is 1. The van der Waals surface area contributed by atoms with Gasteiger partial charge in [0.2, 0.25) is 0 Å². The van der Waals surface area contributed by atoms with Gasteiger partial charge in [0, 0.05) is 6.04 Å². The summed E-state index contributed by atoms with van der Waals surface area (Å²) < 4.78 is 4.90. The van der Waals surface area contributed by atoms with Gasteiger partial charge in [-0.1, -0.05) is 0 Å². The largest absolute Gasteiger partial charge is 0.505 e. The van der Waals surface area contributed by atoms with Gasteiger partial charge in [0.1, 0.15) is 0 Å². The predicted octanol–water partition coefficient (Wildman–Crippen LogP) is 1.92. The fraction of sp³-hybridized carbons (Fsp3) is 0.800. The van der Waals surface area contributed by atoms with E-state index in [4.69, 9.17) is 4.74 Å². The van der Waals surface area contributed by atoms with Gasteiger partial charge >= 0.3 is 0 Å². The van der Waals surface area contributed by atoms with Gasteiger partial charge in [-0.3, -0.25) is 0 Å². The molecule has 0 unspecified atom stereocenters. The smallest absolute Gasteiger partial charge is 0.0787 e. The van der Waals surface area contributed by atoms with Gasteiger partial charge < -0.3 is 10.1 Å². The second kappa shape index (κ2) is 5.20. The monoisotopic (exact) mass is 169 g/mol. The van der Waals surface area contributed by atoms with Crippen molar-refractivity contribution in [3.8, 4) is 0 Å². The first-order chi connectivity index (χ1) is 5.86. The van der Waals surface area contributed by atoms with Crippen LogP contribution >= 0.6 is 0 Å². The van der Waals surface area contributed by atoms with Crippen molar-refractivity contribution in [2.24, 2.45) is 5.92 Å². The number of rotatable bonds is 3. The third kappa shape index (κ3) is 2.86.